The van der Waals surface area contributed by atoms with Gasteiger partial charge in [0, 0.05) is 17.6 Å². The number of carbonyl (C=O) groups excluding carboxylic acids is 1. The first-order valence-corrected chi connectivity index (χ1v) is 7.08. The van der Waals surface area contributed by atoms with Crippen LogP contribution in [0.15, 0.2) is 42.5 Å². The van der Waals surface area contributed by atoms with Gasteiger partial charge in [-0.2, -0.15) is 0 Å². The molecule has 2 N–H and O–H groups in total. The summed E-state index contributed by atoms with van der Waals surface area (Å²) in [5.41, 5.74) is 1.54. The van der Waals surface area contributed by atoms with Crippen LogP contribution in [0.1, 0.15) is 22.3 Å². The summed E-state index contributed by atoms with van der Waals surface area (Å²) in [6.07, 6.45) is 1.67. The molecule has 21 heavy (non-hydrogen) atoms. The van der Waals surface area contributed by atoms with Gasteiger partial charge in [0.2, 0.25) is 0 Å². The van der Waals surface area contributed by atoms with Gasteiger partial charge in [-0.1, -0.05) is 12.1 Å². The Morgan fingerprint density at radius 2 is 2.05 bits per heavy atom. The van der Waals surface area contributed by atoms with E-state index in [9.17, 15) is 9.18 Å². The molecule has 3 nitrogen and oxygen atoms in total. The molecule has 1 amide bonds. The third kappa shape index (κ3) is 4.20. The molecule has 0 radical (unpaired) electrons. The second-order valence-corrected chi connectivity index (χ2v) is 4.99. The van der Waals surface area contributed by atoms with Crippen LogP contribution in [-0.2, 0) is 6.42 Å². The molecule has 2 rings (SSSR count). The van der Waals surface area contributed by atoms with Gasteiger partial charge in [0.25, 0.3) is 5.91 Å². The molecule has 0 aliphatic carbocycles. The van der Waals surface area contributed by atoms with E-state index in [2.05, 4.69) is 5.32 Å². The van der Waals surface area contributed by atoms with Gasteiger partial charge >= 0.3 is 0 Å². The quantitative estimate of drug-likeness (QED) is 0.822. The molecule has 0 heterocycles. The van der Waals surface area contributed by atoms with Gasteiger partial charge in [-0.15, -0.1) is 11.6 Å². The number of hydrogen-bond donors (Lipinski definition) is 2. The Labute approximate surface area is 127 Å². The largest absolute Gasteiger partial charge is 0.508 e. The number of halogens is 2. The number of rotatable bonds is 5. The molecule has 0 saturated carbocycles. The predicted octanol–water partition coefficient (Wildman–Crippen LogP) is 3.96. The van der Waals surface area contributed by atoms with Crippen LogP contribution in [-0.4, -0.2) is 16.9 Å². The van der Waals surface area contributed by atoms with E-state index in [1.54, 1.807) is 6.07 Å². The average Bonchev–Trinajstić information content (AvgIpc) is 2.45. The fourth-order valence-corrected chi connectivity index (χ4v) is 2.10. The summed E-state index contributed by atoms with van der Waals surface area (Å²) in [5, 5.41) is 11.8. The monoisotopic (exact) mass is 307 g/mol. The molecular weight excluding hydrogens is 293 g/mol. The van der Waals surface area contributed by atoms with Crippen molar-refractivity contribution in [2.24, 2.45) is 0 Å². The molecule has 0 spiro atoms. The lowest BCUT2D eigenvalue weighted by Gasteiger charge is -2.08. The summed E-state index contributed by atoms with van der Waals surface area (Å²) >= 11 is 5.65. The summed E-state index contributed by atoms with van der Waals surface area (Å²) in [6, 6.07) is 10.8. The number of phenolic OH excluding ortho intramolecular Hbond substituents is 1. The lowest BCUT2D eigenvalue weighted by Crippen LogP contribution is -2.13. The standard InChI is InChI=1S/C16H15ClFNO2/c17-8-2-4-11-3-1-5-12(9-11)19-16(21)14-7-6-13(20)10-15(14)18/h1,3,5-7,9-10,20H,2,4,8H2,(H,19,21). The highest BCUT2D eigenvalue weighted by molar-refractivity contribution is 6.17. The lowest BCUT2D eigenvalue weighted by atomic mass is 10.1. The minimum Gasteiger partial charge on any atom is -0.508 e. The Morgan fingerprint density at radius 1 is 1.24 bits per heavy atom. The van der Waals surface area contributed by atoms with Crippen LogP contribution in [0.5, 0.6) is 5.75 Å². The van der Waals surface area contributed by atoms with E-state index in [1.165, 1.54) is 12.1 Å². The summed E-state index contributed by atoms with van der Waals surface area (Å²) in [6.45, 7) is 0. The molecule has 0 bridgehead atoms. The van der Waals surface area contributed by atoms with Crippen LogP contribution in [0, 0.1) is 5.82 Å². The minimum absolute atomic E-state index is 0.112. The van der Waals surface area contributed by atoms with E-state index in [4.69, 9.17) is 16.7 Å². The molecule has 0 saturated heterocycles. The van der Waals surface area contributed by atoms with Crippen LogP contribution in [0.2, 0.25) is 0 Å². The molecule has 0 atom stereocenters. The van der Waals surface area contributed by atoms with E-state index >= 15 is 0 Å². The maximum absolute atomic E-state index is 13.6. The molecule has 0 aromatic heterocycles. The first-order chi connectivity index (χ1) is 10.1. The summed E-state index contributed by atoms with van der Waals surface area (Å²) < 4.78 is 13.6. The fourth-order valence-electron chi connectivity index (χ4n) is 1.96. The van der Waals surface area contributed by atoms with Crippen molar-refractivity contribution in [3.8, 4) is 5.75 Å². The van der Waals surface area contributed by atoms with Crippen LogP contribution >= 0.6 is 11.6 Å². The molecule has 110 valence electrons. The molecule has 0 unspecified atom stereocenters. The number of phenols is 1. The second-order valence-electron chi connectivity index (χ2n) is 4.61. The van der Waals surface area contributed by atoms with Crippen LogP contribution in [0.3, 0.4) is 0 Å². The van der Waals surface area contributed by atoms with E-state index in [0.717, 1.165) is 24.5 Å². The Morgan fingerprint density at radius 3 is 2.76 bits per heavy atom. The summed E-state index contributed by atoms with van der Waals surface area (Å²) in [4.78, 5) is 12.0. The number of amides is 1. The van der Waals surface area contributed by atoms with Crippen molar-refractivity contribution in [3.63, 3.8) is 0 Å². The van der Waals surface area contributed by atoms with Gasteiger partial charge < -0.3 is 10.4 Å². The van der Waals surface area contributed by atoms with Gasteiger partial charge in [-0.05, 0) is 42.7 Å². The van der Waals surface area contributed by atoms with Crippen molar-refractivity contribution in [1.82, 2.24) is 0 Å². The zero-order chi connectivity index (χ0) is 15.2. The highest BCUT2D eigenvalue weighted by Gasteiger charge is 2.12. The van der Waals surface area contributed by atoms with E-state index in [1.807, 2.05) is 18.2 Å². The molecule has 2 aromatic carbocycles. The van der Waals surface area contributed by atoms with Gasteiger partial charge in [0.05, 0.1) is 5.56 Å². The first-order valence-electron chi connectivity index (χ1n) is 6.55. The smallest absolute Gasteiger partial charge is 0.258 e. The number of carbonyl (C=O) groups is 1. The van der Waals surface area contributed by atoms with Crippen LogP contribution < -0.4 is 5.32 Å². The minimum atomic E-state index is -0.759. The van der Waals surface area contributed by atoms with Crippen molar-refractivity contribution >= 4 is 23.2 Å². The van der Waals surface area contributed by atoms with E-state index in [-0.39, 0.29) is 11.3 Å². The third-order valence-electron chi connectivity index (χ3n) is 2.98. The molecule has 0 aliphatic heterocycles. The molecular formula is C16H15ClFNO2. The van der Waals surface area contributed by atoms with Crippen LogP contribution in [0.25, 0.3) is 0 Å². The summed E-state index contributed by atoms with van der Waals surface area (Å²) in [5.74, 6) is -0.949. The third-order valence-corrected chi connectivity index (χ3v) is 3.25. The van der Waals surface area contributed by atoms with Crippen molar-refractivity contribution in [3.05, 3.63) is 59.4 Å². The average molecular weight is 308 g/mol. The molecule has 5 heteroatoms. The van der Waals surface area contributed by atoms with Gasteiger partial charge in [-0.25, -0.2) is 4.39 Å². The number of aryl methyl sites for hydroxylation is 1. The Bertz CT molecular complexity index is 646. The Hall–Kier alpha value is -2.07. The van der Waals surface area contributed by atoms with Crippen LogP contribution in [0.4, 0.5) is 10.1 Å². The van der Waals surface area contributed by atoms with E-state index in [0.29, 0.717) is 11.6 Å². The maximum atomic E-state index is 13.6. The number of anilines is 1. The highest BCUT2D eigenvalue weighted by Crippen LogP contribution is 2.18. The zero-order valence-corrected chi connectivity index (χ0v) is 12.0. The molecule has 0 fully saturated rings. The van der Waals surface area contributed by atoms with Crippen molar-refractivity contribution in [2.45, 2.75) is 12.8 Å². The first kappa shape index (κ1) is 15.3. The maximum Gasteiger partial charge on any atom is 0.258 e. The van der Waals surface area contributed by atoms with Crippen molar-refractivity contribution in [2.75, 3.05) is 11.2 Å². The Kier molecular flexibility index (Phi) is 5.17. The lowest BCUT2D eigenvalue weighted by molar-refractivity contribution is 0.102. The predicted molar refractivity (Wildman–Crippen MR) is 81.5 cm³/mol. The van der Waals surface area contributed by atoms with Gasteiger partial charge in [0.15, 0.2) is 0 Å². The molecule has 2 aromatic rings. The van der Waals surface area contributed by atoms with Crippen molar-refractivity contribution < 1.29 is 14.3 Å². The van der Waals surface area contributed by atoms with Crippen molar-refractivity contribution in [1.29, 1.82) is 0 Å². The number of nitrogens with one attached hydrogen (secondary N) is 1. The van der Waals surface area contributed by atoms with Gasteiger partial charge in [-0.3, -0.25) is 4.79 Å². The zero-order valence-electron chi connectivity index (χ0n) is 11.3. The molecule has 0 aliphatic rings. The number of benzene rings is 2. The normalized spacial score (nSPS) is 10.4. The number of alkyl halides is 1. The number of hydrogen-bond acceptors (Lipinski definition) is 2. The SMILES string of the molecule is O=C(Nc1cccc(CCCCl)c1)c1ccc(O)cc1F. The number of aromatic hydroxyl groups is 1. The topological polar surface area (TPSA) is 49.3 Å². The fraction of sp³-hybridized carbons (Fsp3) is 0.188. The Balaban J connectivity index is 2.12. The second kappa shape index (κ2) is 7.09. The summed E-state index contributed by atoms with van der Waals surface area (Å²) in [7, 11) is 0. The van der Waals surface area contributed by atoms with E-state index < -0.39 is 11.7 Å². The highest BCUT2D eigenvalue weighted by atomic mass is 35.5. The van der Waals surface area contributed by atoms with Gasteiger partial charge in [0.1, 0.15) is 11.6 Å².